The van der Waals surface area contributed by atoms with Crippen LogP contribution in [-0.2, 0) is 0 Å². The quantitative estimate of drug-likeness (QED) is 0.745. The van der Waals surface area contributed by atoms with Crippen molar-refractivity contribution in [3.05, 3.63) is 0 Å². The summed E-state index contributed by atoms with van der Waals surface area (Å²) < 4.78 is 0. The van der Waals surface area contributed by atoms with Gasteiger partial charge in [-0.2, -0.15) is 0 Å². The van der Waals surface area contributed by atoms with E-state index in [4.69, 9.17) is 0 Å². The Hall–Kier alpha value is -0.120. The van der Waals surface area contributed by atoms with Gasteiger partial charge in [-0.15, -0.1) is 0 Å². The average Bonchev–Trinajstić information content (AvgIpc) is 2.33. The SMILES string of the molecule is CNCC1CCN(CC2CCNCC2)CC1. The minimum atomic E-state index is 0.925. The maximum atomic E-state index is 3.45. The Labute approximate surface area is 100.0 Å². The average molecular weight is 225 g/mol. The first-order valence-corrected chi connectivity index (χ1v) is 6.96. The zero-order valence-electron chi connectivity index (χ0n) is 10.7. The highest BCUT2D eigenvalue weighted by Crippen LogP contribution is 2.20. The molecule has 94 valence electrons. The van der Waals surface area contributed by atoms with E-state index in [1.54, 1.807) is 0 Å². The molecule has 0 aromatic carbocycles. The lowest BCUT2D eigenvalue weighted by Crippen LogP contribution is -2.41. The lowest BCUT2D eigenvalue weighted by atomic mass is 9.93. The van der Waals surface area contributed by atoms with Crippen LogP contribution >= 0.6 is 0 Å². The third kappa shape index (κ3) is 3.72. The molecule has 2 heterocycles. The molecule has 0 aromatic heterocycles. The normalized spacial score (nSPS) is 26.1. The van der Waals surface area contributed by atoms with Crippen molar-refractivity contribution in [1.29, 1.82) is 0 Å². The highest BCUT2D eigenvalue weighted by Gasteiger charge is 2.22. The molecule has 0 spiro atoms. The van der Waals surface area contributed by atoms with Gasteiger partial charge in [0.15, 0.2) is 0 Å². The van der Waals surface area contributed by atoms with Gasteiger partial charge in [-0.05, 0) is 77.3 Å². The van der Waals surface area contributed by atoms with Crippen LogP contribution in [0.3, 0.4) is 0 Å². The fourth-order valence-corrected chi connectivity index (χ4v) is 3.09. The number of nitrogens with zero attached hydrogens (tertiary/aromatic N) is 1. The highest BCUT2D eigenvalue weighted by molar-refractivity contribution is 4.77. The molecule has 0 radical (unpaired) electrons. The lowest BCUT2D eigenvalue weighted by Gasteiger charge is -2.35. The van der Waals surface area contributed by atoms with Crippen LogP contribution in [0.15, 0.2) is 0 Å². The third-order valence-electron chi connectivity index (χ3n) is 4.18. The molecule has 2 rings (SSSR count). The molecule has 0 aromatic rings. The Morgan fingerprint density at radius 1 is 1.06 bits per heavy atom. The van der Waals surface area contributed by atoms with Crippen LogP contribution in [0.4, 0.5) is 0 Å². The van der Waals surface area contributed by atoms with E-state index in [1.807, 2.05) is 0 Å². The summed E-state index contributed by atoms with van der Waals surface area (Å²) in [4.78, 5) is 2.70. The van der Waals surface area contributed by atoms with Gasteiger partial charge in [0.25, 0.3) is 0 Å². The first kappa shape index (κ1) is 12.3. The number of hydrogen-bond donors (Lipinski definition) is 2. The summed E-state index contributed by atoms with van der Waals surface area (Å²) >= 11 is 0. The largest absolute Gasteiger partial charge is 0.319 e. The summed E-state index contributed by atoms with van der Waals surface area (Å²) in [7, 11) is 2.07. The first-order valence-electron chi connectivity index (χ1n) is 6.96. The number of likely N-dealkylation sites (tertiary alicyclic amines) is 1. The molecular weight excluding hydrogens is 198 g/mol. The number of piperidine rings is 2. The van der Waals surface area contributed by atoms with Gasteiger partial charge in [0.2, 0.25) is 0 Å². The molecule has 2 aliphatic rings. The van der Waals surface area contributed by atoms with E-state index in [0.29, 0.717) is 0 Å². The molecule has 0 aliphatic carbocycles. The molecule has 0 atom stereocenters. The predicted octanol–water partition coefficient (Wildman–Crippen LogP) is 0.917. The Balaban J connectivity index is 1.64. The molecule has 2 saturated heterocycles. The maximum absolute atomic E-state index is 3.45. The van der Waals surface area contributed by atoms with Crippen LogP contribution in [0.2, 0.25) is 0 Å². The van der Waals surface area contributed by atoms with Gasteiger partial charge in [-0.1, -0.05) is 0 Å². The van der Waals surface area contributed by atoms with Crippen molar-refractivity contribution in [2.75, 3.05) is 46.3 Å². The lowest BCUT2D eigenvalue weighted by molar-refractivity contribution is 0.148. The van der Waals surface area contributed by atoms with Gasteiger partial charge in [0.1, 0.15) is 0 Å². The van der Waals surface area contributed by atoms with Crippen molar-refractivity contribution in [2.45, 2.75) is 25.7 Å². The molecular formula is C13H27N3. The van der Waals surface area contributed by atoms with E-state index in [9.17, 15) is 0 Å². The van der Waals surface area contributed by atoms with Crippen molar-refractivity contribution in [3.63, 3.8) is 0 Å². The van der Waals surface area contributed by atoms with Crippen LogP contribution < -0.4 is 10.6 Å². The molecule has 2 fully saturated rings. The van der Waals surface area contributed by atoms with E-state index in [-0.39, 0.29) is 0 Å². The molecule has 3 nitrogen and oxygen atoms in total. The Morgan fingerprint density at radius 3 is 2.38 bits per heavy atom. The van der Waals surface area contributed by atoms with E-state index >= 15 is 0 Å². The first-order chi connectivity index (χ1) is 7.88. The molecule has 3 heteroatoms. The van der Waals surface area contributed by atoms with Crippen molar-refractivity contribution in [2.24, 2.45) is 11.8 Å². The van der Waals surface area contributed by atoms with Crippen molar-refractivity contribution in [3.8, 4) is 0 Å². The molecule has 0 saturated carbocycles. The smallest absolute Gasteiger partial charge is 0.00106 e. The van der Waals surface area contributed by atoms with Crippen molar-refractivity contribution >= 4 is 0 Å². The van der Waals surface area contributed by atoms with Gasteiger partial charge < -0.3 is 15.5 Å². The predicted molar refractivity (Wildman–Crippen MR) is 68.7 cm³/mol. The second kappa shape index (κ2) is 6.58. The zero-order valence-corrected chi connectivity index (χ0v) is 10.7. The van der Waals surface area contributed by atoms with Crippen LogP contribution in [0.5, 0.6) is 0 Å². The molecule has 0 unspecified atom stereocenters. The summed E-state index contributed by atoms with van der Waals surface area (Å²) in [5.41, 5.74) is 0. The second-order valence-corrected chi connectivity index (χ2v) is 5.50. The van der Waals surface area contributed by atoms with E-state index in [2.05, 4.69) is 22.6 Å². The van der Waals surface area contributed by atoms with E-state index in [0.717, 1.165) is 11.8 Å². The summed E-state index contributed by atoms with van der Waals surface area (Å²) in [5, 5.41) is 6.76. The monoisotopic (exact) mass is 225 g/mol. The van der Waals surface area contributed by atoms with Crippen LogP contribution in [-0.4, -0.2) is 51.2 Å². The van der Waals surface area contributed by atoms with Gasteiger partial charge >= 0.3 is 0 Å². The molecule has 2 N–H and O–H groups in total. The third-order valence-corrected chi connectivity index (χ3v) is 4.18. The number of rotatable bonds is 4. The van der Waals surface area contributed by atoms with Gasteiger partial charge in [0, 0.05) is 6.54 Å². The van der Waals surface area contributed by atoms with E-state index in [1.165, 1.54) is 65.0 Å². The van der Waals surface area contributed by atoms with Gasteiger partial charge in [0.05, 0.1) is 0 Å². The summed E-state index contributed by atoms with van der Waals surface area (Å²) in [6, 6.07) is 0. The second-order valence-electron chi connectivity index (χ2n) is 5.50. The topological polar surface area (TPSA) is 27.3 Å². The van der Waals surface area contributed by atoms with Crippen molar-refractivity contribution < 1.29 is 0 Å². The Bertz CT molecular complexity index is 182. The minimum absolute atomic E-state index is 0.925. The van der Waals surface area contributed by atoms with Crippen molar-refractivity contribution in [1.82, 2.24) is 15.5 Å². The Morgan fingerprint density at radius 2 is 1.75 bits per heavy atom. The fraction of sp³-hybridized carbons (Fsp3) is 1.00. The number of nitrogens with one attached hydrogen (secondary N) is 2. The summed E-state index contributed by atoms with van der Waals surface area (Å²) in [6.07, 6.45) is 5.56. The highest BCUT2D eigenvalue weighted by atomic mass is 15.1. The van der Waals surface area contributed by atoms with Crippen LogP contribution in [0, 0.1) is 11.8 Å². The van der Waals surface area contributed by atoms with Crippen LogP contribution in [0.1, 0.15) is 25.7 Å². The van der Waals surface area contributed by atoms with Crippen LogP contribution in [0.25, 0.3) is 0 Å². The van der Waals surface area contributed by atoms with Gasteiger partial charge in [-0.25, -0.2) is 0 Å². The summed E-state index contributed by atoms with van der Waals surface area (Å²) in [5.74, 6) is 1.89. The molecule has 16 heavy (non-hydrogen) atoms. The van der Waals surface area contributed by atoms with Gasteiger partial charge in [-0.3, -0.25) is 0 Å². The minimum Gasteiger partial charge on any atom is -0.319 e. The molecule has 0 amide bonds. The maximum Gasteiger partial charge on any atom is 0.00106 e. The molecule has 2 aliphatic heterocycles. The summed E-state index contributed by atoms with van der Waals surface area (Å²) in [6.45, 7) is 7.70. The fourth-order valence-electron chi connectivity index (χ4n) is 3.09. The zero-order chi connectivity index (χ0) is 11.2. The van der Waals surface area contributed by atoms with E-state index < -0.39 is 0 Å². The molecule has 0 bridgehead atoms. The standard InChI is InChI=1S/C13H27N3/c1-14-10-12-4-8-16(9-5-12)11-13-2-6-15-7-3-13/h12-15H,2-11H2,1H3. The number of hydrogen-bond acceptors (Lipinski definition) is 3. The Kier molecular flexibility index (Phi) is 5.07.